The van der Waals surface area contributed by atoms with Crippen LogP contribution >= 0.6 is 0 Å². The van der Waals surface area contributed by atoms with Crippen LogP contribution in [-0.4, -0.2) is 48.9 Å². The van der Waals surface area contributed by atoms with Crippen molar-refractivity contribution < 1.29 is 4.79 Å². The molecule has 1 aliphatic heterocycles. The molecule has 0 aromatic heterocycles. The Morgan fingerprint density at radius 2 is 2.00 bits per heavy atom. The molecule has 3 heteroatoms. The van der Waals surface area contributed by atoms with E-state index in [1.165, 1.54) is 0 Å². The van der Waals surface area contributed by atoms with Gasteiger partial charge in [0.25, 0.3) is 0 Å². The van der Waals surface area contributed by atoms with Crippen molar-refractivity contribution in [2.45, 2.75) is 33.2 Å². The molecular formula is C10H22N2O. The molecule has 0 aromatic carbocycles. The van der Waals surface area contributed by atoms with Crippen molar-refractivity contribution >= 4 is 6.41 Å². The van der Waals surface area contributed by atoms with Gasteiger partial charge in [0.05, 0.1) is 0 Å². The summed E-state index contributed by atoms with van der Waals surface area (Å²) in [4.78, 5) is 14.6. The molecule has 1 atom stereocenters. The smallest absolute Gasteiger partial charge is 0.209 e. The summed E-state index contributed by atoms with van der Waals surface area (Å²) in [5, 5.41) is 0. The van der Waals surface area contributed by atoms with E-state index >= 15 is 0 Å². The number of nitrogens with zero attached hydrogens (tertiary/aromatic N) is 2. The monoisotopic (exact) mass is 186 g/mol. The van der Waals surface area contributed by atoms with Gasteiger partial charge in [-0.25, -0.2) is 0 Å². The standard InChI is InChI=1S/C8H16N2O.C2H6/c1-3-8-6-10(7-11)5-4-9(8)2;1-2/h7-8H,3-6H2,1-2H3;1-2H3. The highest BCUT2D eigenvalue weighted by Crippen LogP contribution is 2.08. The zero-order chi connectivity index (χ0) is 10.3. The van der Waals surface area contributed by atoms with Crippen LogP contribution in [0.4, 0.5) is 0 Å². The molecule has 1 saturated heterocycles. The molecule has 0 aromatic rings. The Bertz CT molecular complexity index is 139. The number of hydrogen-bond acceptors (Lipinski definition) is 2. The van der Waals surface area contributed by atoms with Crippen molar-refractivity contribution in [1.82, 2.24) is 9.80 Å². The maximum Gasteiger partial charge on any atom is 0.209 e. The molecule has 1 amide bonds. The van der Waals surface area contributed by atoms with Crippen LogP contribution in [0.25, 0.3) is 0 Å². The number of rotatable bonds is 2. The average Bonchev–Trinajstić information content (AvgIpc) is 2.22. The van der Waals surface area contributed by atoms with E-state index < -0.39 is 0 Å². The predicted octanol–water partition coefficient (Wildman–Crippen LogP) is 1.20. The van der Waals surface area contributed by atoms with Crippen LogP contribution in [0.15, 0.2) is 0 Å². The second-order valence-electron chi connectivity index (χ2n) is 3.14. The predicted molar refractivity (Wildman–Crippen MR) is 55.7 cm³/mol. The van der Waals surface area contributed by atoms with Crippen molar-refractivity contribution in [3.8, 4) is 0 Å². The molecule has 13 heavy (non-hydrogen) atoms. The SMILES string of the molecule is CC.CCC1CN(C=O)CCN1C. The maximum atomic E-state index is 10.4. The first kappa shape index (κ1) is 12.4. The van der Waals surface area contributed by atoms with Crippen LogP contribution in [0.1, 0.15) is 27.2 Å². The van der Waals surface area contributed by atoms with Gasteiger partial charge in [0.2, 0.25) is 6.41 Å². The summed E-state index contributed by atoms with van der Waals surface area (Å²) in [6.07, 6.45) is 2.08. The Hall–Kier alpha value is -0.570. The minimum atomic E-state index is 0.564. The normalized spacial score (nSPS) is 23.4. The van der Waals surface area contributed by atoms with Crippen LogP contribution < -0.4 is 0 Å². The minimum Gasteiger partial charge on any atom is -0.342 e. The molecule has 0 saturated carbocycles. The lowest BCUT2D eigenvalue weighted by Gasteiger charge is -2.37. The Morgan fingerprint density at radius 1 is 1.38 bits per heavy atom. The van der Waals surface area contributed by atoms with Crippen molar-refractivity contribution in [2.24, 2.45) is 0 Å². The molecule has 1 aliphatic rings. The summed E-state index contributed by atoms with van der Waals surface area (Å²) in [5.41, 5.74) is 0. The van der Waals surface area contributed by atoms with E-state index in [2.05, 4.69) is 18.9 Å². The van der Waals surface area contributed by atoms with E-state index in [0.29, 0.717) is 6.04 Å². The van der Waals surface area contributed by atoms with Gasteiger partial charge in [-0.1, -0.05) is 20.8 Å². The number of amides is 1. The van der Waals surface area contributed by atoms with E-state index in [1.54, 1.807) is 0 Å². The number of carbonyl (C=O) groups excluding carboxylic acids is 1. The molecule has 1 heterocycles. The van der Waals surface area contributed by atoms with Gasteiger partial charge in [-0.05, 0) is 13.5 Å². The fourth-order valence-electron chi connectivity index (χ4n) is 1.51. The van der Waals surface area contributed by atoms with Crippen LogP contribution in [0, 0.1) is 0 Å². The molecule has 0 bridgehead atoms. The maximum absolute atomic E-state index is 10.4. The van der Waals surface area contributed by atoms with Gasteiger partial charge in [-0.15, -0.1) is 0 Å². The second kappa shape index (κ2) is 6.89. The topological polar surface area (TPSA) is 23.6 Å². The summed E-state index contributed by atoms with van der Waals surface area (Å²) >= 11 is 0. The summed E-state index contributed by atoms with van der Waals surface area (Å²) in [6.45, 7) is 8.96. The van der Waals surface area contributed by atoms with Crippen molar-refractivity contribution in [3.05, 3.63) is 0 Å². The van der Waals surface area contributed by atoms with Gasteiger partial charge >= 0.3 is 0 Å². The highest BCUT2D eigenvalue weighted by Gasteiger charge is 2.20. The minimum absolute atomic E-state index is 0.564. The number of hydrogen-bond donors (Lipinski definition) is 0. The molecule has 0 radical (unpaired) electrons. The lowest BCUT2D eigenvalue weighted by molar-refractivity contribution is -0.120. The molecule has 1 fully saturated rings. The van der Waals surface area contributed by atoms with Gasteiger partial charge in [0, 0.05) is 25.7 Å². The Labute approximate surface area is 81.7 Å². The molecule has 1 unspecified atom stereocenters. The molecule has 78 valence electrons. The van der Waals surface area contributed by atoms with Gasteiger partial charge < -0.3 is 4.90 Å². The van der Waals surface area contributed by atoms with Gasteiger partial charge in [-0.2, -0.15) is 0 Å². The molecule has 0 N–H and O–H groups in total. The fraction of sp³-hybridized carbons (Fsp3) is 0.900. The quantitative estimate of drug-likeness (QED) is 0.605. The zero-order valence-corrected chi connectivity index (χ0v) is 9.29. The second-order valence-corrected chi connectivity index (χ2v) is 3.14. The molecule has 0 spiro atoms. The van der Waals surface area contributed by atoms with Gasteiger partial charge in [-0.3, -0.25) is 9.69 Å². The summed E-state index contributed by atoms with van der Waals surface area (Å²) in [5.74, 6) is 0. The zero-order valence-electron chi connectivity index (χ0n) is 9.29. The van der Waals surface area contributed by atoms with E-state index in [9.17, 15) is 4.79 Å². The highest BCUT2D eigenvalue weighted by atomic mass is 16.1. The van der Waals surface area contributed by atoms with Gasteiger partial charge in [0.15, 0.2) is 0 Å². The van der Waals surface area contributed by atoms with Crippen LogP contribution in [0.2, 0.25) is 0 Å². The van der Waals surface area contributed by atoms with Gasteiger partial charge in [0.1, 0.15) is 0 Å². The first-order valence-corrected chi connectivity index (χ1v) is 5.17. The molecule has 0 aliphatic carbocycles. The summed E-state index contributed by atoms with van der Waals surface area (Å²) < 4.78 is 0. The fourth-order valence-corrected chi connectivity index (χ4v) is 1.51. The lowest BCUT2D eigenvalue weighted by atomic mass is 10.1. The van der Waals surface area contributed by atoms with Crippen molar-refractivity contribution in [1.29, 1.82) is 0 Å². The van der Waals surface area contributed by atoms with Crippen LogP contribution in [0.5, 0.6) is 0 Å². The highest BCUT2D eigenvalue weighted by molar-refractivity contribution is 5.47. The number of carbonyl (C=O) groups is 1. The molecule has 3 nitrogen and oxygen atoms in total. The number of piperazine rings is 1. The Morgan fingerprint density at radius 3 is 2.46 bits per heavy atom. The molecule has 1 rings (SSSR count). The van der Waals surface area contributed by atoms with Crippen molar-refractivity contribution in [3.63, 3.8) is 0 Å². The Balaban J connectivity index is 0.000000671. The summed E-state index contributed by atoms with van der Waals surface area (Å²) in [7, 11) is 2.12. The largest absolute Gasteiger partial charge is 0.342 e. The third-order valence-electron chi connectivity index (χ3n) is 2.43. The van der Waals surface area contributed by atoms with E-state index in [0.717, 1.165) is 32.5 Å². The first-order valence-electron chi connectivity index (χ1n) is 5.17. The van der Waals surface area contributed by atoms with E-state index in [4.69, 9.17) is 0 Å². The first-order chi connectivity index (χ1) is 6.27. The van der Waals surface area contributed by atoms with Crippen LogP contribution in [0.3, 0.4) is 0 Å². The average molecular weight is 186 g/mol. The number of likely N-dealkylation sites (N-methyl/N-ethyl adjacent to an activating group) is 1. The Kier molecular flexibility index (Phi) is 6.59. The van der Waals surface area contributed by atoms with Crippen LogP contribution in [-0.2, 0) is 4.79 Å². The third-order valence-corrected chi connectivity index (χ3v) is 2.43. The summed E-state index contributed by atoms with van der Waals surface area (Å²) in [6, 6.07) is 0.564. The molecular weight excluding hydrogens is 164 g/mol. The lowest BCUT2D eigenvalue weighted by Crippen LogP contribution is -2.50. The third kappa shape index (κ3) is 3.77. The van der Waals surface area contributed by atoms with E-state index in [-0.39, 0.29) is 0 Å². The van der Waals surface area contributed by atoms with E-state index in [1.807, 2.05) is 18.7 Å². The van der Waals surface area contributed by atoms with Crippen molar-refractivity contribution in [2.75, 3.05) is 26.7 Å².